The van der Waals surface area contributed by atoms with Gasteiger partial charge >= 0.3 is 0 Å². The molecule has 31 heavy (non-hydrogen) atoms. The number of hydrogen-bond acceptors (Lipinski definition) is 5. The topological polar surface area (TPSA) is 81.5 Å². The molecule has 0 aliphatic rings. The Bertz CT molecular complexity index is 986. The smallest absolute Gasteiger partial charge is 0.228 e. The fraction of sp³-hybridized carbons (Fsp3) is 0.545. The first kappa shape index (κ1) is 25.4. The molecule has 0 saturated heterocycles. The number of nitrogens with zero attached hydrogens (tertiary/aromatic N) is 3. The molecule has 2 aromatic rings. The van der Waals surface area contributed by atoms with Gasteiger partial charge in [0.25, 0.3) is 0 Å². The summed E-state index contributed by atoms with van der Waals surface area (Å²) in [6.07, 6.45) is 1.97. The summed E-state index contributed by atoms with van der Waals surface area (Å²) in [6.45, 7) is 8.89. The van der Waals surface area contributed by atoms with Gasteiger partial charge < -0.3 is 14.2 Å². The average molecular weight is 470 g/mol. The number of sulfone groups is 1. The van der Waals surface area contributed by atoms with E-state index in [1.54, 1.807) is 47.0 Å². The van der Waals surface area contributed by atoms with Crippen molar-refractivity contribution in [3.63, 3.8) is 0 Å². The van der Waals surface area contributed by atoms with Crippen molar-refractivity contribution in [2.75, 3.05) is 20.3 Å². The number of benzene rings is 1. The Balaban J connectivity index is 2.36. The lowest BCUT2D eigenvalue weighted by molar-refractivity contribution is -0.133. The number of halogens is 1. The first-order chi connectivity index (χ1) is 14.5. The number of methoxy groups -OCH3 is 1. The molecule has 0 atom stereocenters. The molecule has 1 amide bonds. The quantitative estimate of drug-likeness (QED) is 0.494. The molecule has 0 aliphatic heterocycles. The summed E-state index contributed by atoms with van der Waals surface area (Å²) in [6, 6.07) is 6.64. The fourth-order valence-corrected chi connectivity index (χ4v) is 5.16. The summed E-state index contributed by atoms with van der Waals surface area (Å²) in [5.41, 5.74) is 1.27. The number of aromatic nitrogens is 2. The van der Waals surface area contributed by atoms with Crippen molar-refractivity contribution in [1.29, 1.82) is 0 Å². The van der Waals surface area contributed by atoms with Gasteiger partial charge in [0.05, 0.1) is 30.8 Å². The van der Waals surface area contributed by atoms with Gasteiger partial charge in [0.1, 0.15) is 0 Å². The molecule has 1 aromatic heterocycles. The third-order valence-electron chi connectivity index (χ3n) is 4.73. The SMILES string of the molecule is COCCN(Cc1cnc(S(=O)(=O)Cc2cccc(Cl)c2)n1C(C)C)C(=O)CC(C)C. The van der Waals surface area contributed by atoms with Gasteiger partial charge in [-0.2, -0.15) is 0 Å². The zero-order chi connectivity index (χ0) is 23.2. The normalized spacial score (nSPS) is 12.0. The summed E-state index contributed by atoms with van der Waals surface area (Å²) in [5, 5.41) is 0.485. The number of carbonyl (C=O) groups is 1. The Kier molecular flexibility index (Phi) is 9.09. The van der Waals surface area contributed by atoms with Crippen molar-refractivity contribution in [2.45, 2.75) is 57.6 Å². The summed E-state index contributed by atoms with van der Waals surface area (Å²) < 4.78 is 33.2. The molecule has 9 heteroatoms. The lowest BCUT2D eigenvalue weighted by Gasteiger charge is -2.25. The minimum Gasteiger partial charge on any atom is -0.383 e. The monoisotopic (exact) mass is 469 g/mol. The molecule has 0 bridgehead atoms. The van der Waals surface area contributed by atoms with E-state index in [4.69, 9.17) is 16.3 Å². The molecule has 7 nitrogen and oxygen atoms in total. The highest BCUT2D eigenvalue weighted by molar-refractivity contribution is 7.90. The summed E-state index contributed by atoms with van der Waals surface area (Å²) >= 11 is 6.01. The maximum absolute atomic E-state index is 13.2. The van der Waals surface area contributed by atoms with Crippen LogP contribution >= 0.6 is 11.6 Å². The van der Waals surface area contributed by atoms with Crippen molar-refractivity contribution in [3.8, 4) is 0 Å². The van der Waals surface area contributed by atoms with Gasteiger partial charge in [0.2, 0.25) is 20.9 Å². The van der Waals surface area contributed by atoms with Crippen LogP contribution in [0.15, 0.2) is 35.6 Å². The molecular weight excluding hydrogens is 438 g/mol. The summed E-state index contributed by atoms with van der Waals surface area (Å²) in [7, 11) is -2.12. The number of carbonyl (C=O) groups excluding carboxylic acids is 1. The highest BCUT2D eigenvalue weighted by Crippen LogP contribution is 2.24. The molecule has 0 fully saturated rings. The molecule has 0 saturated carbocycles. The molecule has 1 heterocycles. The summed E-state index contributed by atoms with van der Waals surface area (Å²) in [4.78, 5) is 18.7. The predicted molar refractivity (Wildman–Crippen MR) is 122 cm³/mol. The van der Waals surface area contributed by atoms with E-state index in [2.05, 4.69) is 4.98 Å². The van der Waals surface area contributed by atoms with Crippen LogP contribution in [0.25, 0.3) is 0 Å². The maximum atomic E-state index is 13.2. The van der Waals surface area contributed by atoms with Crippen LogP contribution in [-0.2, 0) is 31.7 Å². The van der Waals surface area contributed by atoms with Crippen molar-refractivity contribution < 1.29 is 17.9 Å². The number of imidazole rings is 1. The Morgan fingerprint density at radius 3 is 2.55 bits per heavy atom. The van der Waals surface area contributed by atoms with Gasteiger partial charge in [-0.05, 0) is 37.5 Å². The maximum Gasteiger partial charge on any atom is 0.228 e. The highest BCUT2D eigenvalue weighted by atomic mass is 35.5. The molecule has 1 aromatic carbocycles. The van der Waals surface area contributed by atoms with Gasteiger partial charge in [-0.3, -0.25) is 4.79 Å². The van der Waals surface area contributed by atoms with Crippen LogP contribution in [-0.4, -0.2) is 49.0 Å². The zero-order valence-electron chi connectivity index (χ0n) is 18.8. The van der Waals surface area contributed by atoms with E-state index < -0.39 is 9.84 Å². The van der Waals surface area contributed by atoms with E-state index >= 15 is 0 Å². The Labute approximate surface area is 190 Å². The van der Waals surface area contributed by atoms with Crippen LogP contribution < -0.4 is 0 Å². The van der Waals surface area contributed by atoms with Crippen molar-refractivity contribution in [2.24, 2.45) is 5.92 Å². The molecule has 0 radical (unpaired) electrons. The van der Waals surface area contributed by atoms with Crippen LogP contribution in [0.2, 0.25) is 5.02 Å². The van der Waals surface area contributed by atoms with Gasteiger partial charge in [-0.1, -0.05) is 37.6 Å². The van der Waals surface area contributed by atoms with Crippen molar-refractivity contribution in [3.05, 3.63) is 46.7 Å². The third-order valence-corrected chi connectivity index (χ3v) is 6.54. The number of hydrogen-bond donors (Lipinski definition) is 0. The number of amides is 1. The van der Waals surface area contributed by atoms with E-state index in [0.29, 0.717) is 35.9 Å². The second-order valence-corrected chi connectivity index (χ2v) is 10.6. The van der Waals surface area contributed by atoms with Crippen molar-refractivity contribution >= 4 is 27.3 Å². The molecule has 172 valence electrons. The van der Waals surface area contributed by atoms with Crippen LogP contribution in [0.3, 0.4) is 0 Å². The number of ether oxygens (including phenoxy) is 1. The van der Waals surface area contributed by atoms with E-state index in [-0.39, 0.29) is 35.3 Å². The van der Waals surface area contributed by atoms with E-state index in [1.807, 2.05) is 27.7 Å². The third kappa shape index (κ3) is 7.05. The Morgan fingerprint density at radius 2 is 1.97 bits per heavy atom. The molecular formula is C22H32ClN3O4S. The van der Waals surface area contributed by atoms with E-state index in [9.17, 15) is 13.2 Å². The van der Waals surface area contributed by atoms with Crippen LogP contribution in [0.5, 0.6) is 0 Å². The first-order valence-corrected chi connectivity index (χ1v) is 12.4. The molecule has 0 N–H and O–H groups in total. The van der Waals surface area contributed by atoms with E-state index in [0.717, 1.165) is 0 Å². The zero-order valence-corrected chi connectivity index (χ0v) is 20.4. The minimum absolute atomic E-state index is 0.000440. The molecule has 0 spiro atoms. The van der Waals surface area contributed by atoms with Crippen molar-refractivity contribution in [1.82, 2.24) is 14.5 Å². The largest absolute Gasteiger partial charge is 0.383 e. The van der Waals surface area contributed by atoms with E-state index in [1.165, 1.54) is 0 Å². The fourth-order valence-electron chi connectivity index (χ4n) is 3.35. The lowest BCUT2D eigenvalue weighted by atomic mass is 10.1. The second-order valence-electron chi connectivity index (χ2n) is 8.29. The Morgan fingerprint density at radius 1 is 1.26 bits per heavy atom. The standard InChI is InChI=1S/C22H32ClN3O4S/c1-16(2)11-21(27)25(9-10-30-5)14-20-13-24-22(26(20)17(3)4)31(28,29)15-18-7-6-8-19(23)12-18/h6-8,12-13,16-17H,9-11,14-15H2,1-5H3. The van der Waals surface area contributed by atoms with Crippen LogP contribution in [0.1, 0.15) is 51.4 Å². The second kappa shape index (κ2) is 11.1. The van der Waals surface area contributed by atoms with Crippen LogP contribution in [0.4, 0.5) is 0 Å². The molecule has 2 rings (SSSR count). The predicted octanol–water partition coefficient (Wildman–Crippen LogP) is 4.11. The molecule has 0 aliphatic carbocycles. The van der Waals surface area contributed by atoms with Gasteiger partial charge in [-0.25, -0.2) is 13.4 Å². The highest BCUT2D eigenvalue weighted by Gasteiger charge is 2.27. The lowest BCUT2D eigenvalue weighted by Crippen LogP contribution is -2.35. The van der Waals surface area contributed by atoms with Gasteiger partial charge in [-0.15, -0.1) is 0 Å². The first-order valence-electron chi connectivity index (χ1n) is 10.3. The van der Waals surface area contributed by atoms with Crippen LogP contribution in [0, 0.1) is 5.92 Å². The minimum atomic E-state index is -3.71. The molecule has 0 unspecified atom stereocenters. The van der Waals surface area contributed by atoms with Gasteiger partial charge in [0, 0.05) is 31.1 Å². The van der Waals surface area contributed by atoms with Gasteiger partial charge in [0.15, 0.2) is 0 Å². The summed E-state index contributed by atoms with van der Waals surface area (Å²) in [5.74, 6) is 0.0317. The number of rotatable bonds is 11. The Hall–Kier alpha value is -1.90. The average Bonchev–Trinajstić information content (AvgIpc) is 3.09.